The Hall–Kier alpha value is -2.77. The van der Waals surface area contributed by atoms with E-state index in [9.17, 15) is 0 Å². The minimum Gasteiger partial charge on any atom is -0.383 e. The number of hydrogen-bond donors (Lipinski definition) is 1. The van der Waals surface area contributed by atoms with Gasteiger partial charge in [0.25, 0.3) is 0 Å². The number of rotatable bonds is 7. The zero-order chi connectivity index (χ0) is 19.3. The lowest BCUT2D eigenvalue weighted by Crippen LogP contribution is -2.33. The third kappa shape index (κ3) is 3.76. The summed E-state index contributed by atoms with van der Waals surface area (Å²) in [6.45, 7) is 2.03. The normalized spacial score (nSPS) is 19.0. The van der Waals surface area contributed by atoms with Crippen LogP contribution in [0.25, 0.3) is 0 Å². The zero-order valence-corrected chi connectivity index (χ0v) is 16.5. The maximum Gasteiger partial charge on any atom is 0.170 e. The highest BCUT2D eigenvalue weighted by Gasteiger charge is 2.40. The molecule has 0 spiro atoms. The van der Waals surface area contributed by atoms with Gasteiger partial charge < -0.3 is 19.5 Å². The van der Waals surface area contributed by atoms with Crippen LogP contribution in [0.3, 0.4) is 0 Å². The van der Waals surface area contributed by atoms with Crippen LogP contribution < -0.4 is 5.32 Å². The molecule has 4 heterocycles. The van der Waals surface area contributed by atoms with Gasteiger partial charge >= 0.3 is 0 Å². The van der Waals surface area contributed by atoms with Crippen molar-refractivity contribution in [3.63, 3.8) is 0 Å². The van der Waals surface area contributed by atoms with Gasteiger partial charge in [0.1, 0.15) is 0 Å². The number of hydrogen-bond acceptors (Lipinski definition) is 4. The minimum atomic E-state index is -0.0251. The number of ether oxygens (including phenoxy) is 1. The van der Waals surface area contributed by atoms with Crippen molar-refractivity contribution in [3.05, 3.63) is 84.2 Å². The van der Waals surface area contributed by atoms with Crippen LogP contribution in [0, 0.1) is 0 Å². The summed E-state index contributed by atoms with van der Waals surface area (Å²) >= 11 is 5.66. The van der Waals surface area contributed by atoms with Crippen LogP contribution in [-0.2, 0) is 11.3 Å². The summed E-state index contributed by atoms with van der Waals surface area (Å²) in [5, 5.41) is 4.19. The molecule has 3 aromatic rings. The molecule has 1 N–H and O–H groups in total. The van der Waals surface area contributed by atoms with Crippen LogP contribution in [0.5, 0.6) is 0 Å². The molecular weight excluding hydrogens is 370 g/mol. The first kappa shape index (κ1) is 18.6. The fourth-order valence-corrected chi connectivity index (χ4v) is 4.00. The van der Waals surface area contributed by atoms with Crippen LogP contribution in [0.1, 0.15) is 29.2 Å². The number of nitrogens with zero attached hydrogens (tertiary/aromatic N) is 4. The zero-order valence-electron chi connectivity index (χ0n) is 15.7. The van der Waals surface area contributed by atoms with Gasteiger partial charge in [0, 0.05) is 37.9 Å². The average Bonchev–Trinajstić information content (AvgIpc) is 3.31. The molecule has 4 rings (SSSR count). The van der Waals surface area contributed by atoms with Gasteiger partial charge in [0.15, 0.2) is 5.11 Å². The highest BCUT2D eigenvalue weighted by molar-refractivity contribution is 7.80. The van der Waals surface area contributed by atoms with E-state index < -0.39 is 0 Å². The molecule has 28 heavy (non-hydrogen) atoms. The minimum absolute atomic E-state index is 0.0243. The topological polar surface area (TPSA) is 55.2 Å². The van der Waals surface area contributed by atoms with Crippen LogP contribution in [0.2, 0.25) is 0 Å². The van der Waals surface area contributed by atoms with Gasteiger partial charge in [-0.2, -0.15) is 0 Å². The first-order chi connectivity index (χ1) is 13.8. The van der Waals surface area contributed by atoms with Crippen molar-refractivity contribution in [1.29, 1.82) is 0 Å². The number of thiocarbonyl (C=S) groups is 1. The molecule has 0 saturated carbocycles. The third-order valence-corrected chi connectivity index (χ3v) is 5.31. The molecular formula is C21H23N5OS. The van der Waals surface area contributed by atoms with Gasteiger partial charge in [-0.15, -0.1) is 0 Å². The summed E-state index contributed by atoms with van der Waals surface area (Å²) in [5.74, 6) is 0. The molecule has 6 nitrogen and oxygen atoms in total. The number of nitrogens with one attached hydrogen (secondary N) is 1. The number of pyridine rings is 2. The van der Waals surface area contributed by atoms with Crippen LogP contribution in [-0.4, -0.2) is 44.8 Å². The van der Waals surface area contributed by atoms with Crippen LogP contribution in [0.15, 0.2) is 67.1 Å². The maximum atomic E-state index is 5.66. The molecule has 3 aromatic heterocycles. The van der Waals surface area contributed by atoms with Crippen molar-refractivity contribution >= 4 is 17.3 Å². The van der Waals surface area contributed by atoms with Crippen molar-refractivity contribution in [2.45, 2.75) is 18.6 Å². The Balaban J connectivity index is 1.70. The molecule has 0 unspecified atom stereocenters. The second-order valence-electron chi connectivity index (χ2n) is 6.69. The molecule has 0 bridgehead atoms. The lowest BCUT2D eigenvalue weighted by Gasteiger charge is -2.28. The Bertz CT molecular complexity index is 915. The van der Waals surface area contributed by atoms with E-state index in [4.69, 9.17) is 17.0 Å². The van der Waals surface area contributed by atoms with E-state index in [-0.39, 0.29) is 12.1 Å². The Kier molecular flexibility index (Phi) is 5.64. The van der Waals surface area contributed by atoms with E-state index in [1.165, 1.54) is 5.69 Å². The first-order valence-corrected chi connectivity index (χ1v) is 9.70. The van der Waals surface area contributed by atoms with Gasteiger partial charge in [0.2, 0.25) is 0 Å². The van der Waals surface area contributed by atoms with Crippen molar-refractivity contribution in [2.75, 3.05) is 20.3 Å². The number of aromatic nitrogens is 3. The van der Waals surface area contributed by atoms with Gasteiger partial charge in [-0.25, -0.2) is 0 Å². The second-order valence-corrected chi connectivity index (χ2v) is 7.08. The maximum absolute atomic E-state index is 5.66. The van der Waals surface area contributed by atoms with E-state index in [2.05, 4.69) is 43.1 Å². The monoisotopic (exact) mass is 393 g/mol. The Morgan fingerprint density at radius 3 is 2.61 bits per heavy atom. The smallest absolute Gasteiger partial charge is 0.170 e. The van der Waals surface area contributed by atoms with Crippen molar-refractivity contribution in [2.24, 2.45) is 0 Å². The Morgan fingerprint density at radius 1 is 1.07 bits per heavy atom. The van der Waals surface area contributed by atoms with Crippen molar-refractivity contribution in [3.8, 4) is 0 Å². The lowest BCUT2D eigenvalue weighted by atomic mass is 10.0. The molecule has 7 heteroatoms. The van der Waals surface area contributed by atoms with E-state index in [1.807, 2.05) is 48.8 Å². The largest absolute Gasteiger partial charge is 0.383 e. The Morgan fingerprint density at radius 2 is 1.89 bits per heavy atom. The van der Waals surface area contributed by atoms with E-state index >= 15 is 0 Å². The highest BCUT2D eigenvalue weighted by Crippen LogP contribution is 2.38. The summed E-state index contributed by atoms with van der Waals surface area (Å²) < 4.78 is 7.56. The molecule has 144 valence electrons. The highest BCUT2D eigenvalue weighted by atomic mass is 32.1. The molecule has 1 saturated heterocycles. The quantitative estimate of drug-likeness (QED) is 0.623. The molecule has 0 aromatic carbocycles. The molecule has 0 aliphatic carbocycles. The van der Waals surface area contributed by atoms with Crippen molar-refractivity contribution in [1.82, 2.24) is 24.8 Å². The molecule has 1 aliphatic rings. The first-order valence-electron chi connectivity index (χ1n) is 9.30. The molecule has 1 fully saturated rings. The second kappa shape index (κ2) is 8.50. The molecule has 2 atom stereocenters. The Labute approximate surface area is 170 Å². The predicted octanol–water partition coefficient (Wildman–Crippen LogP) is 2.95. The lowest BCUT2D eigenvalue weighted by molar-refractivity contribution is 0.162. The van der Waals surface area contributed by atoms with Crippen LogP contribution in [0.4, 0.5) is 0 Å². The van der Waals surface area contributed by atoms with Gasteiger partial charge in [0.05, 0.1) is 36.6 Å². The van der Waals surface area contributed by atoms with E-state index in [0.717, 1.165) is 16.5 Å². The standard InChI is InChI=1S/C21H23N5OS/c1-27-14-13-26-20(19(24-21(26)28)17-8-3-5-11-23-17)18-9-6-12-25(18)15-16-7-2-4-10-22-16/h2-12,19-20H,13-15H2,1H3,(H,24,28)/t19-,20+/m0/s1. The summed E-state index contributed by atoms with van der Waals surface area (Å²) in [6, 6.07) is 16.2. The van der Waals surface area contributed by atoms with E-state index in [1.54, 1.807) is 7.11 Å². The van der Waals surface area contributed by atoms with Gasteiger partial charge in [-0.3, -0.25) is 9.97 Å². The fraction of sp³-hybridized carbons (Fsp3) is 0.286. The summed E-state index contributed by atoms with van der Waals surface area (Å²) in [7, 11) is 1.71. The predicted molar refractivity (Wildman–Crippen MR) is 112 cm³/mol. The SMILES string of the molecule is COCCN1C(=S)N[C@@H](c2ccccn2)[C@H]1c1cccn1Cc1ccccn1. The molecule has 0 amide bonds. The summed E-state index contributed by atoms with van der Waals surface area (Å²) in [4.78, 5) is 11.3. The van der Waals surface area contributed by atoms with Crippen LogP contribution >= 0.6 is 12.2 Å². The summed E-state index contributed by atoms with van der Waals surface area (Å²) in [6.07, 6.45) is 5.74. The third-order valence-electron chi connectivity index (χ3n) is 4.96. The summed E-state index contributed by atoms with van der Waals surface area (Å²) in [5.41, 5.74) is 3.16. The van der Waals surface area contributed by atoms with E-state index in [0.29, 0.717) is 19.7 Å². The molecule has 0 radical (unpaired) electrons. The molecule has 1 aliphatic heterocycles. The fourth-order valence-electron chi connectivity index (χ4n) is 3.66. The van der Waals surface area contributed by atoms with Gasteiger partial charge in [-0.1, -0.05) is 12.1 Å². The average molecular weight is 394 g/mol. The van der Waals surface area contributed by atoms with Crippen molar-refractivity contribution < 1.29 is 4.74 Å². The number of methoxy groups -OCH3 is 1. The van der Waals surface area contributed by atoms with Gasteiger partial charge in [-0.05, 0) is 48.6 Å².